The summed E-state index contributed by atoms with van der Waals surface area (Å²) in [6.07, 6.45) is 12.4. The molecule has 1 nitrogen and oxygen atoms in total. The fourth-order valence-electron chi connectivity index (χ4n) is 3.06. The maximum absolute atomic E-state index is 4.23. The number of hydrogen-bond donors (Lipinski definition) is 0. The Bertz CT molecular complexity index is 307. The molecule has 1 aromatic heterocycles. The Labute approximate surface area is 136 Å². The molecule has 0 fully saturated rings. The van der Waals surface area contributed by atoms with Gasteiger partial charge in [-0.3, -0.25) is 0 Å². The van der Waals surface area contributed by atoms with Gasteiger partial charge < -0.3 is 0 Å². The minimum absolute atomic E-state index is 0. The van der Waals surface area contributed by atoms with Gasteiger partial charge in [0.05, 0.1) is 0 Å². The van der Waals surface area contributed by atoms with E-state index in [9.17, 15) is 0 Å². The third-order valence-corrected chi connectivity index (χ3v) is 20.0. The van der Waals surface area contributed by atoms with Crippen LogP contribution in [0.4, 0.5) is 0 Å². The van der Waals surface area contributed by atoms with Crippen molar-refractivity contribution in [2.75, 3.05) is 0 Å². The average Bonchev–Trinajstić information content (AvgIpc) is 2.48. The summed E-state index contributed by atoms with van der Waals surface area (Å²) in [7, 11) is 0. The van der Waals surface area contributed by atoms with Crippen LogP contribution < -0.4 is 3.58 Å². The molecular weight excluding hydrogens is 372 g/mol. The van der Waals surface area contributed by atoms with E-state index in [1.807, 2.05) is 12.4 Å². The van der Waals surface area contributed by atoms with E-state index in [0.29, 0.717) is 0 Å². The first-order valence-corrected chi connectivity index (χ1v) is 15.7. The maximum atomic E-state index is 4.23. The minimum Gasteiger partial charge on any atom is -0.147 e. The summed E-state index contributed by atoms with van der Waals surface area (Å²) in [5, 5.41) is 0. The maximum Gasteiger partial charge on any atom is -0.147 e. The summed E-state index contributed by atoms with van der Waals surface area (Å²) >= 11 is -2.14. The number of pyridine rings is 1. The zero-order valence-corrected chi connectivity index (χ0v) is 17.2. The fraction of sp³-hybridized carbons (Fsp3) is 0.706. The normalized spacial score (nSPS) is 11.2. The Balaban J connectivity index is 0.00000361. The van der Waals surface area contributed by atoms with Crippen LogP contribution in [-0.2, 0) is 0 Å². The molecule has 1 heterocycles. The quantitative estimate of drug-likeness (QED) is 0.465. The first kappa shape index (κ1) is 20.2. The van der Waals surface area contributed by atoms with Crippen LogP contribution >= 0.6 is 12.4 Å². The largest absolute Gasteiger partial charge is 0.147 e. The standard InChI is InChI=1S/C5H4N.3C4H9.ClH.Sn/c1-2-4-6-5-3-1;3*1-3-4-2;;/h2-5H;3*1,3-4H2,2H3;1H;. The van der Waals surface area contributed by atoms with Gasteiger partial charge in [-0.2, -0.15) is 0 Å². The van der Waals surface area contributed by atoms with Crippen LogP contribution in [0.1, 0.15) is 59.3 Å². The van der Waals surface area contributed by atoms with Crippen molar-refractivity contribution in [2.24, 2.45) is 0 Å². The van der Waals surface area contributed by atoms with Crippen LogP contribution in [0.3, 0.4) is 0 Å². The van der Waals surface area contributed by atoms with Crippen molar-refractivity contribution in [1.82, 2.24) is 4.98 Å². The monoisotopic (exact) mass is 405 g/mol. The summed E-state index contributed by atoms with van der Waals surface area (Å²) in [6.45, 7) is 7.01. The Morgan fingerprint density at radius 1 is 0.800 bits per heavy atom. The van der Waals surface area contributed by atoms with E-state index in [0.717, 1.165) is 0 Å². The molecule has 0 aliphatic rings. The van der Waals surface area contributed by atoms with Crippen molar-refractivity contribution >= 4 is 34.4 Å². The van der Waals surface area contributed by atoms with Crippen molar-refractivity contribution in [3.63, 3.8) is 0 Å². The van der Waals surface area contributed by atoms with Crippen molar-refractivity contribution < 1.29 is 0 Å². The fourth-order valence-corrected chi connectivity index (χ4v) is 18.9. The molecule has 0 bridgehead atoms. The van der Waals surface area contributed by atoms with Crippen LogP contribution in [0.15, 0.2) is 24.5 Å². The van der Waals surface area contributed by atoms with Crippen LogP contribution in [0.25, 0.3) is 0 Å². The Morgan fingerprint density at radius 3 is 1.55 bits per heavy atom. The zero-order chi connectivity index (χ0) is 14.0. The third kappa shape index (κ3) is 6.34. The van der Waals surface area contributed by atoms with E-state index < -0.39 is 18.4 Å². The van der Waals surface area contributed by atoms with Crippen molar-refractivity contribution in [3.8, 4) is 0 Å². The Hall–Kier alpha value is 0.239. The second kappa shape index (κ2) is 11.9. The summed E-state index contributed by atoms with van der Waals surface area (Å²) in [6, 6.07) is 4.69. The van der Waals surface area contributed by atoms with Gasteiger partial charge >= 0.3 is 124 Å². The van der Waals surface area contributed by atoms with E-state index in [4.69, 9.17) is 0 Å². The molecule has 0 aromatic carbocycles. The minimum atomic E-state index is -2.14. The first-order chi connectivity index (χ1) is 9.29. The molecular formula is C17H32ClNSn. The molecule has 0 N–H and O–H groups in total. The number of rotatable bonds is 10. The predicted molar refractivity (Wildman–Crippen MR) is 96.0 cm³/mol. The van der Waals surface area contributed by atoms with Crippen LogP contribution in [0.5, 0.6) is 0 Å². The zero-order valence-electron chi connectivity index (χ0n) is 13.5. The molecule has 1 aromatic rings. The molecule has 0 aliphatic carbocycles. The van der Waals surface area contributed by atoms with E-state index >= 15 is 0 Å². The molecule has 20 heavy (non-hydrogen) atoms. The summed E-state index contributed by atoms with van der Waals surface area (Å²) < 4.78 is 6.39. The number of halogens is 1. The number of nitrogens with zero attached hydrogens (tertiary/aromatic N) is 1. The molecule has 0 spiro atoms. The smallest absolute Gasteiger partial charge is 0.147 e. The second-order valence-corrected chi connectivity index (χ2v) is 19.1. The van der Waals surface area contributed by atoms with Crippen LogP contribution in [-0.4, -0.2) is 23.4 Å². The Kier molecular flexibility index (Phi) is 12.0. The number of aromatic nitrogens is 1. The van der Waals surface area contributed by atoms with Crippen molar-refractivity contribution in [2.45, 2.75) is 72.6 Å². The van der Waals surface area contributed by atoms with Gasteiger partial charge in [0, 0.05) is 0 Å². The molecule has 0 atom stereocenters. The van der Waals surface area contributed by atoms with Gasteiger partial charge in [-0.25, -0.2) is 0 Å². The molecule has 3 heteroatoms. The third-order valence-electron chi connectivity index (χ3n) is 4.32. The van der Waals surface area contributed by atoms with Crippen LogP contribution in [0.2, 0.25) is 13.3 Å². The van der Waals surface area contributed by atoms with E-state index in [2.05, 4.69) is 37.9 Å². The van der Waals surface area contributed by atoms with Gasteiger partial charge in [-0.05, 0) is 0 Å². The summed E-state index contributed by atoms with van der Waals surface area (Å²) in [4.78, 5) is 4.23. The summed E-state index contributed by atoms with van der Waals surface area (Å²) in [5.74, 6) is 0. The topological polar surface area (TPSA) is 12.9 Å². The van der Waals surface area contributed by atoms with Crippen molar-refractivity contribution in [1.29, 1.82) is 0 Å². The molecule has 0 saturated heterocycles. The van der Waals surface area contributed by atoms with E-state index in [-0.39, 0.29) is 12.4 Å². The van der Waals surface area contributed by atoms with Gasteiger partial charge in [0.2, 0.25) is 0 Å². The molecule has 0 unspecified atom stereocenters. The van der Waals surface area contributed by atoms with Crippen LogP contribution in [0, 0.1) is 0 Å². The molecule has 0 aliphatic heterocycles. The van der Waals surface area contributed by atoms with E-state index in [1.54, 1.807) is 16.9 Å². The van der Waals surface area contributed by atoms with Gasteiger partial charge in [-0.1, -0.05) is 0 Å². The molecule has 0 amide bonds. The summed E-state index contributed by atoms with van der Waals surface area (Å²) in [5.41, 5.74) is 0. The first-order valence-electron chi connectivity index (χ1n) is 8.19. The van der Waals surface area contributed by atoms with E-state index in [1.165, 1.54) is 38.5 Å². The molecule has 1 rings (SSSR count). The number of hydrogen-bond acceptors (Lipinski definition) is 1. The molecule has 0 saturated carbocycles. The van der Waals surface area contributed by atoms with Crippen molar-refractivity contribution in [3.05, 3.63) is 24.5 Å². The molecule has 0 radical (unpaired) electrons. The van der Waals surface area contributed by atoms with Gasteiger partial charge in [0.25, 0.3) is 0 Å². The second-order valence-electron chi connectivity index (χ2n) is 5.83. The SMILES string of the molecule is CCC[CH2][Sn]([CH2]CCC)([CH2]CCC)[c]1ccncc1.Cl. The number of unbranched alkanes of at least 4 members (excludes halogenated alkanes) is 3. The van der Waals surface area contributed by atoms with Gasteiger partial charge in [-0.15, -0.1) is 12.4 Å². The van der Waals surface area contributed by atoms with Gasteiger partial charge in [0.15, 0.2) is 0 Å². The average molecular weight is 405 g/mol. The predicted octanol–water partition coefficient (Wildman–Crippen LogP) is 5.56. The molecule has 116 valence electrons. The Morgan fingerprint density at radius 2 is 1.20 bits per heavy atom. The van der Waals surface area contributed by atoms with Gasteiger partial charge in [0.1, 0.15) is 0 Å².